The molecule has 2 atom stereocenters. The van der Waals surface area contributed by atoms with Crippen molar-refractivity contribution in [3.05, 3.63) is 58.1 Å². The van der Waals surface area contributed by atoms with Crippen LogP contribution in [0.3, 0.4) is 0 Å². The number of hydrogen-bond acceptors (Lipinski definition) is 2. The van der Waals surface area contributed by atoms with Crippen LogP contribution in [0.2, 0.25) is 0 Å². The molecule has 0 aliphatic heterocycles. The Morgan fingerprint density at radius 2 is 1.81 bits per heavy atom. The van der Waals surface area contributed by atoms with E-state index >= 15 is 0 Å². The minimum atomic E-state index is 0.0164. The third-order valence-electron chi connectivity index (χ3n) is 3.76. The molecular weight excluding hydrogens is 326 g/mol. The van der Waals surface area contributed by atoms with Crippen molar-refractivity contribution in [3.63, 3.8) is 0 Å². The van der Waals surface area contributed by atoms with Crippen LogP contribution in [0.5, 0.6) is 11.5 Å². The largest absolute Gasteiger partial charge is 0.456 e. The van der Waals surface area contributed by atoms with E-state index in [1.165, 1.54) is 5.56 Å². The van der Waals surface area contributed by atoms with E-state index in [1.54, 1.807) is 0 Å². The molecule has 0 aliphatic carbocycles. The van der Waals surface area contributed by atoms with Crippen molar-refractivity contribution in [2.24, 2.45) is 5.73 Å². The van der Waals surface area contributed by atoms with Crippen LogP contribution >= 0.6 is 15.9 Å². The molecule has 3 heteroatoms. The van der Waals surface area contributed by atoms with Crippen LogP contribution in [0.15, 0.2) is 46.9 Å². The summed E-state index contributed by atoms with van der Waals surface area (Å²) in [6.07, 6.45) is 1.09. The van der Waals surface area contributed by atoms with Gasteiger partial charge in [0.05, 0.1) is 4.47 Å². The molecule has 0 spiro atoms. The van der Waals surface area contributed by atoms with Gasteiger partial charge in [-0.15, -0.1) is 0 Å². The lowest BCUT2D eigenvalue weighted by Crippen LogP contribution is -2.04. The Morgan fingerprint density at radius 3 is 2.43 bits per heavy atom. The lowest BCUT2D eigenvalue weighted by molar-refractivity contribution is 0.467. The van der Waals surface area contributed by atoms with Crippen molar-refractivity contribution >= 4 is 15.9 Å². The van der Waals surface area contributed by atoms with Crippen molar-refractivity contribution in [2.75, 3.05) is 0 Å². The molecule has 2 rings (SSSR count). The van der Waals surface area contributed by atoms with Gasteiger partial charge < -0.3 is 10.5 Å². The average molecular weight is 348 g/mol. The number of nitrogens with two attached hydrogens (primary N) is 1. The molecule has 21 heavy (non-hydrogen) atoms. The van der Waals surface area contributed by atoms with Gasteiger partial charge in [0.25, 0.3) is 0 Å². The number of rotatable bonds is 5. The molecule has 0 radical (unpaired) electrons. The first-order valence-electron chi connectivity index (χ1n) is 7.34. The Bertz CT molecular complexity index is 610. The van der Waals surface area contributed by atoms with Gasteiger partial charge in [-0.2, -0.15) is 0 Å². The Labute approximate surface area is 135 Å². The molecule has 2 aromatic carbocycles. The van der Waals surface area contributed by atoms with E-state index in [0.717, 1.165) is 28.0 Å². The number of benzene rings is 2. The average Bonchev–Trinajstić information content (AvgIpc) is 2.49. The zero-order valence-corrected chi connectivity index (χ0v) is 14.4. The predicted octanol–water partition coefficient (Wildman–Crippen LogP) is 5.77. The minimum Gasteiger partial charge on any atom is -0.456 e. The first-order chi connectivity index (χ1) is 10.0. The number of ether oxygens (including phenoxy) is 1. The van der Waals surface area contributed by atoms with Gasteiger partial charge in [-0.05, 0) is 64.5 Å². The van der Waals surface area contributed by atoms with Gasteiger partial charge in [-0.3, -0.25) is 0 Å². The standard InChI is InChI=1S/C18H22BrNO/c1-4-12(2)15-7-5-6-8-17(15)21-18-10-9-14(13(3)20)11-16(18)19/h5-13H,4,20H2,1-3H3/t12?,13-/m1/s1. The van der Waals surface area contributed by atoms with Crippen LogP contribution in [0.1, 0.15) is 50.3 Å². The normalized spacial score (nSPS) is 13.8. The topological polar surface area (TPSA) is 35.2 Å². The fourth-order valence-electron chi connectivity index (χ4n) is 2.20. The maximum Gasteiger partial charge on any atom is 0.141 e. The predicted molar refractivity (Wildman–Crippen MR) is 92.0 cm³/mol. The molecule has 1 unspecified atom stereocenters. The molecule has 0 saturated heterocycles. The monoisotopic (exact) mass is 347 g/mol. The summed E-state index contributed by atoms with van der Waals surface area (Å²) in [6, 6.07) is 14.2. The van der Waals surface area contributed by atoms with Crippen molar-refractivity contribution in [1.82, 2.24) is 0 Å². The van der Waals surface area contributed by atoms with E-state index in [1.807, 2.05) is 37.3 Å². The van der Waals surface area contributed by atoms with Crippen LogP contribution in [-0.4, -0.2) is 0 Å². The number of halogens is 1. The van der Waals surface area contributed by atoms with E-state index in [2.05, 4.69) is 41.9 Å². The second-order valence-corrected chi connectivity index (χ2v) is 6.28. The van der Waals surface area contributed by atoms with Crippen LogP contribution < -0.4 is 10.5 Å². The van der Waals surface area contributed by atoms with Crippen molar-refractivity contribution in [1.29, 1.82) is 0 Å². The Morgan fingerprint density at radius 1 is 1.10 bits per heavy atom. The van der Waals surface area contributed by atoms with Gasteiger partial charge in [0.1, 0.15) is 11.5 Å². The molecule has 0 bridgehead atoms. The Hall–Kier alpha value is -1.32. The molecular formula is C18H22BrNO. The third-order valence-corrected chi connectivity index (χ3v) is 4.38. The maximum atomic E-state index is 6.11. The minimum absolute atomic E-state index is 0.0164. The van der Waals surface area contributed by atoms with Crippen LogP contribution in [0.25, 0.3) is 0 Å². The van der Waals surface area contributed by atoms with E-state index in [9.17, 15) is 0 Å². The van der Waals surface area contributed by atoms with E-state index in [4.69, 9.17) is 10.5 Å². The van der Waals surface area contributed by atoms with Crippen LogP contribution in [0.4, 0.5) is 0 Å². The van der Waals surface area contributed by atoms with E-state index in [0.29, 0.717) is 5.92 Å². The molecule has 112 valence electrons. The highest BCUT2D eigenvalue weighted by Crippen LogP contribution is 2.36. The first kappa shape index (κ1) is 16.1. The van der Waals surface area contributed by atoms with Gasteiger partial charge in [0, 0.05) is 6.04 Å². The summed E-state index contributed by atoms with van der Waals surface area (Å²) < 4.78 is 7.04. The second-order valence-electron chi connectivity index (χ2n) is 5.43. The summed E-state index contributed by atoms with van der Waals surface area (Å²) in [7, 11) is 0. The van der Waals surface area contributed by atoms with Gasteiger partial charge in [0.15, 0.2) is 0 Å². The summed E-state index contributed by atoms with van der Waals surface area (Å²) in [5, 5.41) is 0. The lowest BCUT2D eigenvalue weighted by Gasteiger charge is -2.17. The fourth-order valence-corrected chi connectivity index (χ4v) is 2.68. The van der Waals surface area contributed by atoms with E-state index in [-0.39, 0.29) is 6.04 Å². The summed E-state index contributed by atoms with van der Waals surface area (Å²) in [5.74, 6) is 2.21. The van der Waals surface area contributed by atoms with Gasteiger partial charge in [0.2, 0.25) is 0 Å². The molecule has 0 saturated carbocycles. The molecule has 2 aromatic rings. The summed E-state index contributed by atoms with van der Waals surface area (Å²) >= 11 is 3.57. The summed E-state index contributed by atoms with van der Waals surface area (Å²) in [5.41, 5.74) is 8.23. The van der Waals surface area contributed by atoms with Crippen LogP contribution in [-0.2, 0) is 0 Å². The lowest BCUT2D eigenvalue weighted by atomic mass is 9.98. The van der Waals surface area contributed by atoms with Crippen molar-refractivity contribution in [2.45, 2.75) is 39.2 Å². The SMILES string of the molecule is CCC(C)c1ccccc1Oc1ccc([C@@H](C)N)cc1Br. The Kier molecular flexibility index (Phi) is 5.43. The smallest absolute Gasteiger partial charge is 0.141 e. The fraction of sp³-hybridized carbons (Fsp3) is 0.333. The molecule has 2 nitrogen and oxygen atoms in total. The van der Waals surface area contributed by atoms with E-state index < -0.39 is 0 Å². The third kappa shape index (κ3) is 3.86. The molecule has 0 aromatic heterocycles. The summed E-state index contributed by atoms with van der Waals surface area (Å²) in [4.78, 5) is 0. The maximum absolute atomic E-state index is 6.11. The highest BCUT2D eigenvalue weighted by Gasteiger charge is 2.12. The highest BCUT2D eigenvalue weighted by molar-refractivity contribution is 9.10. The van der Waals surface area contributed by atoms with Gasteiger partial charge >= 0.3 is 0 Å². The second kappa shape index (κ2) is 7.10. The zero-order chi connectivity index (χ0) is 15.4. The summed E-state index contributed by atoms with van der Waals surface area (Å²) in [6.45, 7) is 6.38. The highest BCUT2D eigenvalue weighted by atomic mass is 79.9. The molecule has 0 fully saturated rings. The number of hydrogen-bond donors (Lipinski definition) is 1. The molecule has 0 heterocycles. The zero-order valence-electron chi connectivity index (χ0n) is 12.8. The molecule has 2 N–H and O–H groups in total. The molecule has 0 aliphatic rings. The van der Waals surface area contributed by atoms with Crippen molar-refractivity contribution in [3.8, 4) is 11.5 Å². The van der Waals surface area contributed by atoms with Gasteiger partial charge in [-0.25, -0.2) is 0 Å². The molecule has 0 amide bonds. The van der Waals surface area contributed by atoms with Gasteiger partial charge in [-0.1, -0.05) is 38.1 Å². The Balaban J connectivity index is 2.30. The van der Waals surface area contributed by atoms with Crippen molar-refractivity contribution < 1.29 is 4.74 Å². The quantitative estimate of drug-likeness (QED) is 0.744. The first-order valence-corrected chi connectivity index (χ1v) is 8.14. The van der Waals surface area contributed by atoms with Crippen LogP contribution in [0, 0.1) is 0 Å². The number of para-hydroxylation sites is 1.